The summed E-state index contributed by atoms with van der Waals surface area (Å²) < 4.78 is 22.8. The molecule has 108 valence electrons. The van der Waals surface area contributed by atoms with Gasteiger partial charge in [-0.2, -0.15) is 5.26 Å². The van der Waals surface area contributed by atoms with Crippen LogP contribution in [0.5, 0.6) is 0 Å². The number of thioether (sulfide) groups is 1. The molecular formula is C14H18N2O2S2. The number of hydrogen-bond acceptors (Lipinski definition) is 5. The molecule has 1 saturated carbocycles. The Kier molecular flexibility index (Phi) is 4.43. The van der Waals surface area contributed by atoms with E-state index in [1.165, 1.54) is 6.26 Å². The van der Waals surface area contributed by atoms with Gasteiger partial charge in [-0.05, 0) is 44.0 Å². The minimum Gasteiger partial charge on any atom is -0.296 e. The zero-order valence-electron chi connectivity index (χ0n) is 11.6. The van der Waals surface area contributed by atoms with E-state index in [0.29, 0.717) is 16.7 Å². The van der Waals surface area contributed by atoms with Crippen LogP contribution in [-0.4, -0.2) is 32.0 Å². The van der Waals surface area contributed by atoms with Crippen molar-refractivity contribution in [1.29, 1.82) is 5.26 Å². The Morgan fingerprint density at radius 2 is 2.00 bits per heavy atom. The van der Waals surface area contributed by atoms with E-state index < -0.39 is 15.4 Å². The van der Waals surface area contributed by atoms with Gasteiger partial charge >= 0.3 is 0 Å². The highest BCUT2D eigenvalue weighted by molar-refractivity contribution is 7.99. The first-order valence-electron chi connectivity index (χ1n) is 6.44. The molecule has 0 saturated heterocycles. The van der Waals surface area contributed by atoms with Gasteiger partial charge in [0.1, 0.15) is 5.54 Å². The molecule has 1 fully saturated rings. The molecule has 0 aromatic heterocycles. The molecule has 0 radical (unpaired) electrons. The largest absolute Gasteiger partial charge is 0.296 e. The van der Waals surface area contributed by atoms with Gasteiger partial charge in [-0.3, -0.25) is 5.32 Å². The molecule has 1 aromatic carbocycles. The topological polar surface area (TPSA) is 70.0 Å². The van der Waals surface area contributed by atoms with Crippen LogP contribution in [-0.2, 0) is 9.84 Å². The van der Waals surface area contributed by atoms with Gasteiger partial charge in [0.2, 0.25) is 0 Å². The maximum Gasteiger partial charge on any atom is 0.175 e. The van der Waals surface area contributed by atoms with Gasteiger partial charge in [0.05, 0.1) is 11.0 Å². The Balaban J connectivity index is 1.98. The van der Waals surface area contributed by atoms with Crippen molar-refractivity contribution in [3.05, 3.63) is 24.3 Å². The van der Waals surface area contributed by atoms with Crippen LogP contribution in [0.1, 0.15) is 19.8 Å². The van der Waals surface area contributed by atoms with Crippen molar-refractivity contribution in [3.8, 4) is 6.07 Å². The number of nitriles is 1. The standard InChI is InChI=1S/C14H18N2O2S2/c1-14(9-15,16-11-3-4-11)10-19-12-5-7-13(8-6-12)20(2,17)18/h5-8,11,16H,3-4,10H2,1-2H3. The lowest BCUT2D eigenvalue weighted by atomic mass is 10.1. The second kappa shape index (κ2) is 5.76. The van der Waals surface area contributed by atoms with E-state index in [1.54, 1.807) is 36.0 Å². The van der Waals surface area contributed by atoms with Crippen LogP contribution >= 0.6 is 11.8 Å². The van der Waals surface area contributed by atoms with E-state index in [4.69, 9.17) is 0 Å². The summed E-state index contributed by atoms with van der Waals surface area (Å²) in [6.45, 7) is 1.91. The predicted molar refractivity (Wildman–Crippen MR) is 80.5 cm³/mol. The summed E-state index contributed by atoms with van der Waals surface area (Å²) in [7, 11) is -3.15. The third kappa shape index (κ3) is 4.23. The third-order valence-electron chi connectivity index (χ3n) is 3.13. The van der Waals surface area contributed by atoms with Crippen LogP contribution in [0.3, 0.4) is 0 Å². The van der Waals surface area contributed by atoms with E-state index in [2.05, 4.69) is 11.4 Å². The minimum atomic E-state index is -3.15. The Morgan fingerprint density at radius 1 is 1.40 bits per heavy atom. The summed E-state index contributed by atoms with van der Waals surface area (Å²) in [6.07, 6.45) is 3.48. The Hall–Kier alpha value is -1.03. The first kappa shape index (κ1) is 15.4. The van der Waals surface area contributed by atoms with Gasteiger partial charge in [0.25, 0.3) is 0 Å². The smallest absolute Gasteiger partial charge is 0.175 e. The molecule has 1 atom stereocenters. The van der Waals surface area contributed by atoms with Gasteiger partial charge < -0.3 is 0 Å². The molecule has 1 unspecified atom stereocenters. The molecule has 1 aliphatic carbocycles. The minimum absolute atomic E-state index is 0.320. The quantitative estimate of drug-likeness (QED) is 0.816. The van der Waals surface area contributed by atoms with Crippen molar-refractivity contribution >= 4 is 21.6 Å². The number of nitrogens with one attached hydrogen (secondary N) is 1. The van der Waals surface area contributed by atoms with E-state index in [0.717, 1.165) is 17.7 Å². The molecular weight excluding hydrogens is 292 g/mol. The van der Waals surface area contributed by atoms with E-state index >= 15 is 0 Å². The third-order valence-corrected chi connectivity index (χ3v) is 5.58. The SMILES string of the molecule is CC(C#N)(CSc1ccc(S(C)(=O)=O)cc1)NC1CC1. The Labute approximate surface area is 124 Å². The lowest BCUT2D eigenvalue weighted by Gasteiger charge is -2.22. The number of sulfone groups is 1. The zero-order chi connectivity index (χ0) is 14.8. The fraction of sp³-hybridized carbons (Fsp3) is 0.500. The van der Waals surface area contributed by atoms with Crippen LogP contribution in [0.25, 0.3) is 0 Å². The summed E-state index contributed by atoms with van der Waals surface area (Å²) in [6, 6.07) is 9.60. The van der Waals surface area contributed by atoms with Crippen molar-refractivity contribution in [1.82, 2.24) is 5.32 Å². The van der Waals surface area contributed by atoms with Crippen LogP contribution in [0.2, 0.25) is 0 Å². The molecule has 1 aliphatic rings. The van der Waals surface area contributed by atoms with Crippen molar-refractivity contribution < 1.29 is 8.42 Å². The van der Waals surface area contributed by atoms with Gasteiger partial charge in [0, 0.05) is 22.9 Å². The average molecular weight is 310 g/mol. The molecule has 1 aromatic rings. The maximum absolute atomic E-state index is 11.4. The molecule has 0 amide bonds. The highest BCUT2D eigenvalue weighted by Gasteiger charge is 2.32. The van der Waals surface area contributed by atoms with Gasteiger partial charge in [-0.1, -0.05) is 0 Å². The van der Waals surface area contributed by atoms with Crippen molar-refractivity contribution in [3.63, 3.8) is 0 Å². The summed E-state index contributed by atoms with van der Waals surface area (Å²) in [5, 5.41) is 12.6. The number of nitrogens with zero attached hydrogens (tertiary/aromatic N) is 1. The summed E-state index contributed by atoms with van der Waals surface area (Å²) in [5.41, 5.74) is -0.540. The van der Waals surface area contributed by atoms with E-state index in [-0.39, 0.29) is 0 Å². The number of rotatable bonds is 6. The van der Waals surface area contributed by atoms with Crippen LogP contribution < -0.4 is 5.32 Å². The van der Waals surface area contributed by atoms with Crippen LogP contribution in [0.15, 0.2) is 34.1 Å². The molecule has 4 nitrogen and oxygen atoms in total. The normalized spacial score (nSPS) is 18.2. The lowest BCUT2D eigenvalue weighted by molar-refractivity contribution is 0.490. The maximum atomic E-state index is 11.4. The molecule has 1 N–H and O–H groups in total. The molecule has 0 aliphatic heterocycles. The van der Waals surface area contributed by atoms with E-state index in [9.17, 15) is 13.7 Å². The summed E-state index contributed by atoms with van der Waals surface area (Å²) in [4.78, 5) is 1.29. The van der Waals surface area contributed by atoms with Crippen molar-refractivity contribution in [2.75, 3.05) is 12.0 Å². The molecule has 2 rings (SSSR count). The average Bonchev–Trinajstić information content (AvgIpc) is 3.20. The second-order valence-electron chi connectivity index (χ2n) is 5.39. The number of hydrogen-bond donors (Lipinski definition) is 1. The molecule has 0 spiro atoms. The highest BCUT2D eigenvalue weighted by Crippen LogP contribution is 2.27. The fourth-order valence-corrected chi connectivity index (χ4v) is 3.36. The second-order valence-corrected chi connectivity index (χ2v) is 8.46. The molecule has 0 heterocycles. The van der Waals surface area contributed by atoms with Crippen LogP contribution in [0.4, 0.5) is 0 Å². The summed E-state index contributed by atoms with van der Waals surface area (Å²) >= 11 is 1.56. The fourth-order valence-electron chi connectivity index (χ4n) is 1.80. The van der Waals surface area contributed by atoms with Gasteiger partial charge in [-0.25, -0.2) is 8.42 Å². The first-order chi connectivity index (χ1) is 9.32. The first-order valence-corrected chi connectivity index (χ1v) is 9.32. The van der Waals surface area contributed by atoms with Crippen LogP contribution in [0, 0.1) is 11.3 Å². The Morgan fingerprint density at radius 3 is 2.45 bits per heavy atom. The van der Waals surface area contributed by atoms with Gasteiger partial charge in [-0.15, -0.1) is 11.8 Å². The molecule has 0 bridgehead atoms. The molecule has 20 heavy (non-hydrogen) atoms. The lowest BCUT2D eigenvalue weighted by Crippen LogP contribution is -2.44. The molecule has 6 heteroatoms. The monoisotopic (exact) mass is 310 g/mol. The van der Waals surface area contributed by atoms with Crippen molar-refractivity contribution in [2.24, 2.45) is 0 Å². The highest BCUT2D eigenvalue weighted by atomic mass is 32.2. The number of benzene rings is 1. The van der Waals surface area contributed by atoms with Crippen molar-refractivity contribution in [2.45, 2.75) is 41.1 Å². The zero-order valence-corrected chi connectivity index (χ0v) is 13.2. The predicted octanol–water partition coefficient (Wildman–Crippen LogP) is 2.22. The van der Waals surface area contributed by atoms with Gasteiger partial charge in [0.15, 0.2) is 9.84 Å². The van der Waals surface area contributed by atoms with E-state index in [1.807, 2.05) is 6.92 Å². The summed E-state index contributed by atoms with van der Waals surface area (Å²) in [5.74, 6) is 0.637. The Bertz CT molecular complexity index is 616.